The average molecular weight is 211 g/mol. The number of ether oxygens (including phenoxy) is 1. The van der Waals surface area contributed by atoms with E-state index in [1.165, 1.54) is 51.4 Å². The van der Waals surface area contributed by atoms with Gasteiger partial charge in [0.25, 0.3) is 0 Å². The van der Waals surface area contributed by atoms with Gasteiger partial charge < -0.3 is 10.1 Å². The second-order valence-electron chi connectivity index (χ2n) is 5.19. The molecule has 15 heavy (non-hydrogen) atoms. The van der Waals surface area contributed by atoms with Crippen molar-refractivity contribution in [1.82, 2.24) is 5.32 Å². The highest BCUT2D eigenvalue weighted by Crippen LogP contribution is 2.29. The van der Waals surface area contributed by atoms with Gasteiger partial charge in [0.1, 0.15) is 0 Å². The number of methoxy groups -OCH3 is 1. The molecule has 0 aromatic carbocycles. The van der Waals surface area contributed by atoms with Gasteiger partial charge in [-0.25, -0.2) is 0 Å². The Hall–Kier alpha value is -0.0800. The first-order valence-corrected chi connectivity index (χ1v) is 6.66. The van der Waals surface area contributed by atoms with Crippen LogP contribution in [-0.4, -0.2) is 25.8 Å². The van der Waals surface area contributed by atoms with E-state index in [4.69, 9.17) is 4.74 Å². The Bertz CT molecular complexity index is 175. The smallest absolute Gasteiger partial charge is 0.0598 e. The van der Waals surface area contributed by atoms with Crippen molar-refractivity contribution in [1.29, 1.82) is 0 Å². The molecule has 0 aromatic rings. The summed E-state index contributed by atoms with van der Waals surface area (Å²) < 4.78 is 5.50. The molecule has 1 saturated carbocycles. The van der Waals surface area contributed by atoms with E-state index in [2.05, 4.69) is 5.32 Å². The van der Waals surface area contributed by atoms with Crippen LogP contribution in [0.4, 0.5) is 0 Å². The van der Waals surface area contributed by atoms with Crippen molar-refractivity contribution in [2.24, 2.45) is 5.92 Å². The lowest BCUT2D eigenvalue weighted by Crippen LogP contribution is -2.45. The third-order valence-electron chi connectivity index (χ3n) is 4.19. The third-order valence-corrected chi connectivity index (χ3v) is 4.19. The summed E-state index contributed by atoms with van der Waals surface area (Å²) in [4.78, 5) is 0. The van der Waals surface area contributed by atoms with Gasteiger partial charge in [0.2, 0.25) is 0 Å². The predicted octanol–water partition coefficient (Wildman–Crippen LogP) is 2.72. The maximum absolute atomic E-state index is 5.50. The first kappa shape index (κ1) is 11.4. The molecular weight excluding hydrogens is 186 g/mol. The Kier molecular flexibility index (Phi) is 4.45. The second-order valence-corrected chi connectivity index (χ2v) is 5.19. The van der Waals surface area contributed by atoms with Crippen LogP contribution in [0.5, 0.6) is 0 Å². The minimum absolute atomic E-state index is 0.513. The lowest BCUT2D eigenvalue weighted by molar-refractivity contribution is 0.0501. The molecule has 0 spiro atoms. The van der Waals surface area contributed by atoms with Gasteiger partial charge in [0.05, 0.1) is 6.10 Å². The molecule has 88 valence electrons. The van der Waals surface area contributed by atoms with Crippen molar-refractivity contribution in [3.8, 4) is 0 Å². The summed E-state index contributed by atoms with van der Waals surface area (Å²) in [6, 6.07) is 0.738. The summed E-state index contributed by atoms with van der Waals surface area (Å²) in [5.74, 6) is 0.922. The topological polar surface area (TPSA) is 21.3 Å². The zero-order chi connectivity index (χ0) is 10.5. The Morgan fingerprint density at radius 1 is 1.00 bits per heavy atom. The van der Waals surface area contributed by atoms with E-state index in [0.29, 0.717) is 6.10 Å². The van der Waals surface area contributed by atoms with Crippen LogP contribution < -0.4 is 5.32 Å². The molecule has 2 atom stereocenters. The van der Waals surface area contributed by atoms with E-state index in [-0.39, 0.29) is 0 Å². The third kappa shape index (κ3) is 3.18. The molecule has 0 bridgehead atoms. The molecule has 2 nitrogen and oxygen atoms in total. The molecule has 2 fully saturated rings. The maximum Gasteiger partial charge on any atom is 0.0598 e. The van der Waals surface area contributed by atoms with Gasteiger partial charge in [-0.15, -0.1) is 0 Å². The number of rotatable bonds is 2. The van der Waals surface area contributed by atoms with Gasteiger partial charge in [0.15, 0.2) is 0 Å². The van der Waals surface area contributed by atoms with Crippen molar-refractivity contribution in [2.45, 2.75) is 63.5 Å². The van der Waals surface area contributed by atoms with Crippen LogP contribution >= 0.6 is 0 Å². The summed E-state index contributed by atoms with van der Waals surface area (Å²) in [6.07, 6.45) is 11.6. The van der Waals surface area contributed by atoms with Crippen LogP contribution in [-0.2, 0) is 4.74 Å². The maximum atomic E-state index is 5.50. The summed E-state index contributed by atoms with van der Waals surface area (Å²) >= 11 is 0. The number of hydrogen-bond acceptors (Lipinski definition) is 2. The highest BCUT2D eigenvalue weighted by atomic mass is 16.5. The quantitative estimate of drug-likeness (QED) is 0.709. The van der Waals surface area contributed by atoms with E-state index in [9.17, 15) is 0 Å². The van der Waals surface area contributed by atoms with Crippen molar-refractivity contribution in [3.63, 3.8) is 0 Å². The zero-order valence-electron chi connectivity index (χ0n) is 10.0. The van der Waals surface area contributed by atoms with Crippen LogP contribution in [0.2, 0.25) is 0 Å². The average Bonchev–Trinajstić information content (AvgIpc) is 2.58. The SMILES string of the molecule is COC1CCNC(C2CCCCCC2)C1. The van der Waals surface area contributed by atoms with Gasteiger partial charge in [-0.2, -0.15) is 0 Å². The fraction of sp³-hybridized carbons (Fsp3) is 1.00. The molecule has 0 radical (unpaired) electrons. The fourth-order valence-electron chi connectivity index (χ4n) is 3.20. The van der Waals surface area contributed by atoms with Crippen LogP contribution in [0.15, 0.2) is 0 Å². The lowest BCUT2D eigenvalue weighted by Gasteiger charge is -2.34. The Morgan fingerprint density at radius 3 is 2.40 bits per heavy atom. The molecule has 2 aliphatic rings. The summed E-state index contributed by atoms with van der Waals surface area (Å²) in [6.45, 7) is 1.15. The predicted molar refractivity (Wildman–Crippen MR) is 63.0 cm³/mol. The van der Waals surface area contributed by atoms with Gasteiger partial charge in [-0.05, 0) is 38.1 Å². The first-order valence-electron chi connectivity index (χ1n) is 6.66. The van der Waals surface area contributed by atoms with Gasteiger partial charge in [-0.1, -0.05) is 25.7 Å². The monoisotopic (exact) mass is 211 g/mol. The molecule has 2 rings (SSSR count). The van der Waals surface area contributed by atoms with Crippen LogP contribution in [0.3, 0.4) is 0 Å². The summed E-state index contributed by atoms with van der Waals surface area (Å²) in [7, 11) is 1.86. The highest BCUT2D eigenvalue weighted by Gasteiger charge is 2.28. The molecule has 1 aliphatic heterocycles. The number of hydrogen-bond donors (Lipinski definition) is 1. The molecule has 2 heteroatoms. The van der Waals surface area contributed by atoms with E-state index in [0.717, 1.165) is 18.5 Å². The van der Waals surface area contributed by atoms with Crippen LogP contribution in [0.25, 0.3) is 0 Å². The molecule has 1 aliphatic carbocycles. The number of piperidine rings is 1. The number of nitrogens with one attached hydrogen (secondary N) is 1. The minimum atomic E-state index is 0.513. The van der Waals surface area contributed by atoms with Gasteiger partial charge >= 0.3 is 0 Å². The standard InChI is InChI=1S/C13H25NO/c1-15-12-8-9-14-13(10-12)11-6-4-2-3-5-7-11/h11-14H,2-10H2,1H3. The van der Waals surface area contributed by atoms with Gasteiger partial charge in [-0.3, -0.25) is 0 Å². The Labute approximate surface area is 93.8 Å². The van der Waals surface area contributed by atoms with E-state index >= 15 is 0 Å². The molecule has 1 saturated heterocycles. The molecule has 0 amide bonds. The molecule has 2 unspecified atom stereocenters. The Morgan fingerprint density at radius 2 is 1.73 bits per heavy atom. The first-order chi connectivity index (χ1) is 7.40. The van der Waals surface area contributed by atoms with Crippen LogP contribution in [0.1, 0.15) is 51.4 Å². The normalized spacial score (nSPS) is 35.0. The largest absolute Gasteiger partial charge is 0.381 e. The molecular formula is C13H25NO. The van der Waals surface area contributed by atoms with E-state index in [1.54, 1.807) is 0 Å². The summed E-state index contributed by atoms with van der Waals surface area (Å²) in [5.41, 5.74) is 0. The van der Waals surface area contributed by atoms with Crippen molar-refractivity contribution in [3.05, 3.63) is 0 Å². The summed E-state index contributed by atoms with van der Waals surface area (Å²) in [5, 5.41) is 3.70. The Balaban J connectivity index is 1.84. The molecule has 1 N–H and O–H groups in total. The zero-order valence-corrected chi connectivity index (χ0v) is 10.0. The van der Waals surface area contributed by atoms with Gasteiger partial charge in [0, 0.05) is 13.2 Å². The van der Waals surface area contributed by atoms with Crippen molar-refractivity contribution in [2.75, 3.05) is 13.7 Å². The lowest BCUT2D eigenvalue weighted by atomic mass is 9.86. The van der Waals surface area contributed by atoms with Crippen LogP contribution in [0, 0.1) is 5.92 Å². The highest BCUT2D eigenvalue weighted by molar-refractivity contribution is 4.85. The van der Waals surface area contributed by atoms with E-state index < -0.39 is 0 Å². The second kappa shape index (κ2) is 5.86. The fourth-order valence-corrected chi connectivity index (χ4v) is 3.20. The minimum Gasteiger partial charge on any atom is -0.381 e. The van der Waals surface area contributed by atoms with Crippen molar-refractivity contribution < 1.29 is 4.74 Å². The van der Waals surface area contributed by atoms with E-state index in [1.807, 2.05) is 7.11 Å². The molecule has 1 heterocycles. The van der Waals surface area contributed by atoms with Crippen molar-refractivity contribution >= 4 is 0 Å². The molecule has 0 aromatic heterocycles.